The van der Waals surface area contributed by atoms with E-state index in [9.17, 15) is 13.2 Å². The van der Waals surface area contributed by atoms with Crippen molar-refractivity contribution < 1.29 is 13.2 Å². The molecule has 1 aromatic rings. The van der Waals surface area contributed by atoms with Crippen LogP contribution in [0.15, 0.2) is 24.3 Å². The van der Waals surface area contributed by atoms with Crippen molar-refractivity contribution in [3.05, 3.63) is 35.4 Å². The lowest BCUT2D eigenvalue weighted by molar-refractivity contribution is -0.137. The molecule has 2 unspecified atom stereocenters. The number of halogens is 3. The van der Waals surface area contributed by atoms with E-state index in [1.165, 1.54) is 18.9 Å². The molecule has 2 N–H and O–H groups in total. The summed E-state index contributed by atoms with van der Waals surface area (Å²) >= 11 is 0. The molecule has 0 radical (unpaired) electrons. The second-order valence-corrected chi connectivity index (χ2v) is 5.75. The molecule has 1 aliphatic carbocycles. The van der Waals surface area contributed by atoms with Gasteiger partial charge in [-0.25, -0.2) is 0 Å². The zero-order chi connectivity index (χ0) is 14.9. The van der Waals surface area contributed by atoms with E-state index >= 15 is 0 Å². The second-order valence-electron chi connectivity index (χ2n) is 5.75. The summed E-state index contributed by atoms with van der Waals surface area (Å²) < 4.78 is 38.1. The second kappa shape index (κ2) is 5.74. The highest BCUT2D eigenvalue weighted by atomic mass is 19.4. The van der Waals surface area contributed by atoms with Crippen LogP contribution in [-0.4, -0.2) is 24.5 Å². The SMILES string of the molecule is CC(C1CC1)N(C)CC(N)c1cccc(C(F)(F)F)c1. The van der Waals surface area contributed by atoms with Gasteiger partial charge in [0.25, 0.3) is 0 Å². The average molecular weight is 286 g/mol. The van der Waals surface area contributed by atoms with E-state index in [4.69, 9.17) is 5.73 Å². The van der Waals surface area contributed by atoms with Gasteiger partial charge in [-0.3, -0.25) is 0 Å². The standard InChI is InChI=1S/C15H21F3N2/c1-10(11-6-7-11)20(2)9-14(19)12-4-3-5-13(8-12)15(16,17)18/h3-5,8,10-11,14H,6-7,9,19H2,1-2H3. The number of hydrogen-bond donors (Lipinski definition) is 1. The predicted octanol–water partition coefficient (Wildman–Crippen LogP) is 3.44. The van der Waals surface area contributed by atoms with E-state index in [0.29, 0.717) is 24.1 Å². The van der Waals surface area contributed by atoms with Gasteiger partial charge in [0.05, 0.1) is 5.56 Å². The maximum atomic E-state index is 12.7. The number of nitrogens with zero attached hydrogens (tertiary/aromatic N) is 1. The third-order valence-corrected chi connectivity index (χ3v) is 4.13. The maximum Gasteiger partial charge on any atom is 0.416 e. The molecule has 0 saturated heterocycles. The van der Waals surface area contributed by atoms with Crippen LogP contribution in [0, 0.1) is 5.92 Å². The lowest BCUT2D eigenvalue weighted by atomic mass is 10.0. The van der Waals surface area contributed by atoms with Crippen LogP contribution >= 0.6 is 0 Å². The number of nitrogens with two attached hydrogens (primary N) is 1. The number of alkyl halides is 3. The summed E-state index contributed by atoms with van der Waals surface area (Å²) in [6.45, 7) is 2.72. The molecule has 20 heavy (non-hydrogen) atoms. The van der Waals surface area contributed by atoms with E-state index in [0.717, 1.165) is 12.1 Å². The molecule has 2 atom stereocenters. The van der Waals surface area contributed by atoms with Gasteiger partial charge in [0, 0.05) is 18.6 Å². The molecule has 0 amide bonds. The van der Waals surface area contributed by atoms with E-state index in [-0.39, 0.29) is 0 Å². The molecule has 1 aliphatic rings. The predicted molar refractivity (Wildman–Crippen MR) is 73.2 cm³/mol. The molecule has 1 fully saturated rings. The molecule has 0 bridgehead atoms. The summed E-state index contributed by atoms with van der Waals surface area (Å²) in [6.07, 6.45) is -1.84. The van der Waals surface area contributed by atoms with Crippen LogP contribution in [0.3, 0.4) is 0 Å². The number of benzene rings is 1. The van der Waals surface area contributed by atoms with Crippen LogP contribution in [0.1, 0.15) is 36.9 Å². The summed E-state index contributed by atoms with van der Waals surface area (Å²) in [7, 11) is 1.98. The molecular formula is C15H21F3N2. The van der Waals surface area contributed by atoms with Crippen LogP contribution in [0.4, 0.5) is 13.2 Å². The van der Waals surface area contributed by atoms with Crippen molar-refractivity contribution in [2.75, 3.05) is 13.6 Å². The fourth-order valence-electron chi connectivity index (χ4n) is 2.47. The Labute approximate surface area is 117 Å². The van der Waals surface area contributed by atoms with Crippen LogP contribution in [0.5, 0.6) is 0 Å². The summed E-state index contributed by atoms with van der Waals surface area (Å²) in [5, 5.41) is 0. The maximum absolute atomic E-state index is 12.7. The fourth-order valence-corrected chi connectivity index (χ4v) is 2.47. The van der Waals surface area contributed by atoms with E-state index in [1.807, 2.05) is 7.05 Å². The van der Waals surface area contributed by atoms with E-state index in [2.05, 4.69) is 11.8 Å². The molecule has 2 rings (SSSR count). The van der Waals surface area contributed by atoms with Crippen molar-refractivity contribution >= 4 is 0 Å². The van der Waals surface area contributed by atoms with Gasteiger partial charge in [0.2, 0.25) is 0 Å². The van der Waals surface area contributed by atoms with E-state index in [1.54, 1.807) is 6.07 Å². The Kier molecular flexibility index (Phi) is 4.39. The van der Waals surface area contributed by atoms with E-state index < -0.39 is 17.8 Å². The van der Waals surface area contributed by atoms with Gasteiger partial charge < -0.3 is 10.6 Å². The highest BCUT2D eigenvalue weighted by molar-refractivity contribution is 5.28. The van der Waals surface area contributed by atoms with Crippen molar-refractivity contribution in [1.29, 1.82) is 0 Å². The first-order valence-corrected chi connectivity index (χ1v) is 6.92. The van der Waals surface area contributed by atoms with Gasteiger partial charge in [-0.15, -0.1) is 0 Å². The van der Waals surface area contributed by atoms with Gasteiger partial charge in [0.1, 0.15) is 0 Å². The Morgan fingerprint density at radius 3 is 2.55 bits per heavy atom. The Morgan fingerprint density at radius 1 is 1.35 bits per heavy atom. The summed E-state index contributed by atoms with van der Waals surface area (Å²) in [5.41, 5.74) is 5.96. The minimum Gasteiger partial charge on any atom is -0.323 e. The molecule has 0 heterocycles. The lowest BCUT2D eigenvalue weighted by Gasteiger charge is -2.27. The molecule has 112 valence electrons. The fraction of sp³-hybridized carbons (Fsp3) is 0.600. The molecular weight excluding hydrogens is 265 g/mol. The van der Waals surface area contributed by atoms with Gasteiger partial charge in [-0.05, 0) is 50.4 Å². The highest BCUT2D eigenvalue weighted by Crippen LogP contribution is 2.35. The van der Waals surface area contributed by atoms with Crippen molar-refractivity contribution in [2.24, 2.45) is 11.7 Å². The smallest absolute Gasteiger partial charge is 0.323 e. The molecule has 5 heteroatoms. The van der Waals surface area contributed by atoms with Gasteiger partial charge in [-0.2, -0.15) is 13.2 Å². The quantitative estimate of drug-likeness (QED) is 0.898. The van der Waals surface area contributed by atoms with Gasteiger partial charge >= 0.3 is 6.18 Å². The normalized spacial score (nSPS) is 19.1. The minimum atomic E-state index is -4.32. The third-order valence-electron chi connectivity index (χ3n) is 4.13. The van der Waals surface area contributed by atoms with Crippen molar-refractivity contribution in [3.8, 4) is 0 Å². The molecule has 2 nitrogen and oxygen atoms in total. The van der Waals surface area contributed by atoms with Gasteiger partial charge in [-0.1, -0.05) is 12.1 Å². The first-order chi connectivity index (χ1) is 9.29. The first-order valence-electron chi connectivity index (χ1n) is 6.92. The minimum absolute atomic E-state index is 0.400. The molecule has 0 aliphatic heterocycles. The highest BCUT2D eigenvalue weighted by Gasteiger charge is 2.32. The molecule has 0 aromatic heterocycles. The van der Waals surface area contributed by atoms with Crippen LogP contribution < -0.4 is 5.73 Å². The van der Waals surface area contributed by atoms with Gasteiger partial charge in [0.15, 0.2) is 0 Å². The first kappa shape index (κ1) is 15.3. The third kappa shape index (κ3) is 3.73. The number of rotatable bonds is 5. The van der Waals surface area contributed by atoms with Crippen LogP contribution in [-0.2, 0) is 6.18 Å². The Hall–Kier alpha value is -1.07. The number of hydrogen-bond acceptors (Lipinski definition) is 2. The molecule has 1 aromatic carbocycles. The largest absolute Gasteiger partial charge is 0.416 e. The molecule has 0 spiro atoms. The van der Waals surface area contributed by atoms with Crippen LogP contribution in [0.25, 0.3) is 0 Å². The molecule has 1 saturated carbocycles. The Balaban J connectivity index is 2.03. The van der Waals surface area contributed by atoms with Crippen molar-refractivity contribution in [2.45, 2.75) is 38.0 Å². The average Bonchev–Trinajstić information content (AvgIpc) is 3.21. The summed E-state index contributed by atoms with van der Waals surface area (Å²) in [6, 6.07) is 5.35. The Bertz CT molecular complexity index is 455. The van der Waals surface area contributed by atoms with Crippen LogP contribution in [0.2, 0.25) is 0 Å². The lowest BCUT2D eigenvalue weighted by Crippen LogP contribution is -2.36. The monoisotopic (exact) mass is 286 g/mol. The Morgan fingerprint density at radius 2 is 2.00 bits per heavy atom. The van der Waals surface area contributed by atoms with Crippen molar-refractivity contribution in [3.63, 3.8) is 0 Å². The zero-order valence-corrected chi connectivity index (χ0v) is 11.8. The summed E-state index contributed by atoms with van der Waals surface area (Å²) in [5.74, 6) is 0.716. The summed E-state index contributed by atoms with van der Waals surface area (Å²) in [4.78, 5) is 2.14. The topological polar surface area (TPSA) is 29.3 Å². The van der Waals surface area contributed by atoms with Crippen molar-refractivity contribution in [1.82, 2.24) is 4.90 Å². The number of likely N-dealkylation sites (N-methyl/N-ethyl adjacent to an activating group) is 1. The zero-order valence-electron chi connectivity index (χ0n) is 11.8.